The minimum atomic E-state index is -0.687. The molecule has 1 N–H and O–H groups in total. The van der Waals surface area contributed by atoms with Gasteiger partial charge in [0.2, 0.25) is 5.91 Å². The molecule has 1 amide bonds. The number of aryl methyl sites for hydroxylation is 1. The quantitative estimate of drug-likeness (QED) is 0.823. The fourth-order valence-electron chi connectivity index (χ4n) is 2.23. The number of nitrogens with zero attached hydrogens (tertiary/aromatic N) is 1. The first-order chi connectivity index (χ1) is 8.98. The second-order valence-corrected chi connectivity index (χ2v) is 5.46. The van der Waals surface area contributed by atoms with Crippen molar-refractivity contribution in [2.75, 3.05) is 19.7 Å². The molecular formula is C15H21NO3. The number of para-hydroxylation sites is 1. The second kappa shape index (κ2) is 5.61. The molecule has 19 heavy (non-hydrogen) atoms. The predicted molar refractivity (Wildman–Crippen MR) is 73.1 cm³/mol. The molecule has 1 aromatic carbocycles. The molecule has 1 fully saturated rings. The van der Waals surface area contributed by atoms with E-state index in [-0.39, 0.29) is 5.91 Å². The van der Waals surface area contributed by atoms with Gasteiger partial charge in [0.1, 0.15) is 5.75 Å². The molecule has 0 spiro atoms. The van der Waals surface area contributed by atoms with E-state index in [1.807, 2.05) is 31.2 Å². The lowest BCUT2D eigenvalue weighted by Crippen LogP contribution is -2.61. The lowest BCUT2D eigenvalue weighted by Gasteiger charge is -2.44. The van der Waals surface area contributed by atoms with Crippen LogP contribution in [0.1, 0.15) is 25.3 Å². The molecule has 1 heterocycles. The summed E-state index contributed by atoms with van der Waals surface area (Å²) in [5, 5.41) is 9.56. The lowest BCUT2D eigenvalue weighted by atomic mass is 9.96. The predicted octanol–water partition coefficient (Wildman–Crippen LogP) is 1.75. The van der Waals surface area contributed by atoms with E-state index in [2.05, 4.69) is 0 Å². The summed E-state index contributed by atoms with van der Waals surface area (Å²) in [6.07, 6.45) is 1.17. The highest BCUT2D eigenvalue weighted by atomic mass is 16.5. The summed E-state index contributed by atoms with van der Waals surface area (Å²) in [6.45, 7) is 5.19. The largest absolute Gasteiger partial charge is 0.493 e. The zero-order chi connectivity index (χ0) is 13.9. The van der Waals surface area contributed by atoms with Crippen LogP contribution in [-0.2, 0) is 4.79 Å². The second-order valence-electron chi connectivity index (χ2n) is 5.46. The van der Waals surface area contributed by atoms with E-state index in [1.54, 1.807) is 11.8 Å². The van der Waals surface area contributed by atoms with Crippen molar-refractivity contribution in [3.8, 4) is 5.75 Å². The zero-order valence-corrected chi connectivity index (χ0v) is 11.6. The van der Waals surface area contributed by atoms with Crippen LogP contribution < -0.4 is 4.74 Å². The molecule has 0 atom stereocenters. The molecule has 0 aromatic heterocycles. The maximum atomic E-state index is 11.8. The maximum absolute atomic E-state index is 11.8. The van der Waals surface area contributed by atoms with Crippen molar-refractivity contribution in [2.45, 2.75) is 32.3 Å². The van der Waals surface area contributed by atoms with Gasteiger partial charge in [-0.05, 0) is 31.9 Å². The fourth-order valence-corrected chi connectivity index (χ4v) is 2.23. The number of benzene rings is 1. The Morgan fingerprint density at radius 1 is 1.42 bits per heavy atom. The van der Waals surface area contributed by atoms with Gasteiger partial charge in [0, 0.05) is 6.42 Å². The van der Waals surface area contributed by atoms with Gasteiger partial charge in [0.15, 0.2) is 0 Å². The van der Waals surface area contributed by atoms with Crippen molar-refractivity contribution in [3.63, 3.8) is 0 Å². The first-order valence-corrected chi connectivity index (χ1v) is 6.66. The molecule has 104 valence electrons. The normalized spacial score (nSPS) is 16.9. The Morgan fingerprint density at radius 3 is 2.74 bits per heavy atom. The van der Waals surface area contributed by atoms with Gasteiger partial charge in [-0.1, -0.05) is 18.2 Å². The minimum absolute atomic E-state index is 0.0971. The highest BCUT2D eigenvalue weighted by molar-refractivity contribution is 5.77. The maximum Gasteiger partial charge on any atom is 0.222 e. The number of β-amino-alcohol motifs (C(OH)–C–C–N with tert-alkyl or cyclic N) is 1. The summed E-state index contributed by atoms with van der Waals surface area (Å²) < 4.78 is 5.64. The molecule has 0 saturated carbocycles. The lowest BCUT2D eigenvalue weighted by molar-refractivity contribution is -0.152. The van der Waals surface area contributed by atoms with E-state index >= 15 is 0 Å². The van der Waals surface area contributed by atoms with Crippen molar-refractivity contribution in [1.82, 2.24) is 4.90 Å². The van der Waals surface area contributed by atoms with Crippen LogP contribution in [0.15, 0.2) is 24.3 Å². The summed E-state index contributed by atoms with van der Waals surface area (Å²) in [5.74, 6) is 0.974. The highest BCUT2D eigenvalue weighted by Gasteiger charge is 2.38. The number of rotatable bonds is 5. The molecule has 1 saturated heterocycles. The van der Waals surface area contributed by atoms with Crippen molar-refractivity contribution in [2.24, 2.45) is 0 Å². The molecule has 0 aliphatic carbocycles. The van der Waals surface area contributed by atoms with E-state index in [1.165, 1.54) is 0 Å². The molecule has 1 aliphatic rings. The standard InChI is InChI=1S/C15H21NO3/c1-12-6-3-4-7-13(12)19-9-5-8-14(17)16-10-15(2,18)11-16/h3-4,6-7,18H,5,8-11H2,1-2H3. The average Bonchev–Trinajstić information content (AvgIpc) is 2.33. The number of aliphatic hydroxyl groups is 1. The number of carbonyl (C=O) groups excluding carboxylic acids is 1. The van der Waals surface area contributed by atoms with E-state index in [9.17, 15) is 9.90 Å². The van der Waals surface area contributed by atoms with Crippen LogP contribution in [0.4, 0.5) is 0 Å². The van der Waals surface area contributed by atoms with Crippen LogP contribution in [0.5, 0.6) is 5.75 Å². The molecule has 0 bridgehead atoms. The van der Waals surface area contributed by atoms with Gasteiger partial charge >= 0.3 is 0 Å². The third-order valence-corrected chi connectivity index (χ3v) is 3.30. The third-order valence-electron chi connectivity index (χ3n) is 3.30. The van der Waals surface area contributed by atoms with Crippen molar-refractivity contribution in [1.29, 1.82) is 0 Å². The van der Waals surface area contributed by atoms with Gasteiger partial charge in [-0.25, -0.2) is 0 Å². The van der Waals surface area contributed by atoms with Crippen LogP contribution in [0.25, 0.3) is 0 Å². The molecule has 4 heteroatoms. The van der Waals surface area contributed by atoms with Crippen LogP contribution >= 0.6 is 0 Å². The van der Waals surface area contributed by atoms with Crippen LogP contribution in [0.2, 0.25) is 0 Å². The number of likely N-dealkylation sites (tertiary alicyclic amines) is 1. The molecule has 1 aromatic rings. The third kappa shape index (κ3) is 3.70. The van der Waals surface area contributed by atoms with E-state index in [0.29, 0.717) is 32.5 Å². The first-order valence-electron chi connectivity index (χ1n) is 6.66. The molecule has 4 nitrogen and oxygen atoms in total. The molecular weight excluding hydrogens is 242 g/mol. The Kier molecular flexibility index (Phi) is 4.10. The van der Waals surface area contributed by atoms with Gasteiger partial charge < -0.3 is 14.7 Å². The Morgan fingerprint density at radius 2 is 2.11 bits per heavy atom. The molecule has 0 unspecified atom stereocenters. The fraction of sp³-hybridized carbons (Fsp3) is 0.533. The summed E-state index contributed by atoms with van der Waals surface area (Å²) in [4.78, 5) is 13.4. The van der Waals surface area contributed by atoms with Crippen LogP contribution in [0, 0.1) is 6.92 Å². The van der Waals surface area contributed by atoms with E-state index in [0.717, 1.165) is 11.3 Å². The van der Waals surface area contributed by atoms with E-state index in [4.69, 9.17) is 4.74 Å². The van der Waals surface area contributed by atoms with Crippen molar-refractivity contribution in [3.05, 3.63) is 29.8 Å². The van der Waals surface area contributed by atoms with Gasteiger partial charge in [-0.2, -0.15) is 0 Å². The number of hydrogen-bond donors (Lipinski definition) is 1. The topological polar surface area (TPSA) is 49.8 Å². The van der Waals surface area contributed by atoms with Gasteiger partial charge in [-0.3, -0.25) is 4.79 Å². The Balaban J connectivity index is 1.65. The van der Waals surface area contributed by atoms with Gasteiger partial charge in [0.05, 0.1) is 25.3 Å². The monoisotopic (exact) mass is 263 g/mol. The number of amides is 1. The zero-order valence-electron chi connectivity index (χ0n) is 11.6. The smallest absolute Gasteiger partial charge is 0.222 e. The van der Waals surface area contributed by atoms with Gasteiger partial charge in [-0.15, -0.1) is 0 Å². The number of ether oxygens (including phenoxy) is 1. The van der Waals surface area contributed by atoms with Gasteiger partial charge in [0.25, 0.3) is 0 Å². The number of hydrogen-bond acceptors (Lipinski definition) is 3. The number of carbonyl (C=O) groups is 1. The average molecular weight is 263 g/mol. The van der Waals surface area contributed by atoms with E-state index < -0.39 is 5.60 Å². The Hall–Kier alpha value is -1.55. The highest BCUT2D eigenvalue weighted by Crippen LogP contribution is 2.21. The summed E-state index contributed by atoms with van der Waals surface area (Å²) in [7, 11) is 0. The molecule has 2 rings (SSSR count). The van der Waals surface area contributed by atoms with Crippen LogP contribution in [0.3, 0.4) is 0 Å². The van der Waals surface area contributed by atoms with Crippen molar-refractivity contribution < 1.29 is 14.6 Å². The first kappa shape index (κ1) is 13.9. The van der Waals surface area contributed by atoms with Crippen molar-refractivity contribution >= 4 is 5.91 Å². The van der Waals surface area contributed by atoms with Crippen LogP contribution in [-0.4, -0.2) is 41.2 Å². The molecule has 0 radical (unpaired) electrons. The molecule has 1 aliphatic heterocycles. The summed E-state index contributed by atoms with van der Waals surface area (Å²) >= 11 is 0. The Labute approximate surface area is 114 Å². The Bertz CT molecular complexity index is 448. The minimum Gasteiger partial charge on any atom is -0.493 e. The summed E-state index contributed by atoms with van der Waals surface area (Å²) in [6, 6.07) is 7.85. The SMILES string of the molecule is Cc1ccccc1OCCCC(=O)N1CC(C)(O)C1. The summed E-state index contributed by atoms with van der Waals surface area (Å²) in [5.41, 5.74) is 0.417.